The molecule has 1 saturated carbocycles. The molecule has 1 N–H and O–H groups in total. The summed E-state index contributed by atoms with van der Waals surface area (Å²) >= 11 is 0. The van der Waals surface area contributed by atoms with Crippen molar-refractivity contribution >= 4 is 0 Å². The lowest BCUT2D eigenvalue weighted by Gasteiger charge is -2.36. The zero-order valence-corrected chi connectivity index (χ0v) is 9.45. The summed E-state index contributed by atoms with van der Waals surface area (Å²) in [5.74, 6) is 0. The molecule has 14 heavy (non-hydrogen) atoms. The number of ether oxygens (including phenoxy) is 2. The van der Waals surface area contributed by atoms with E-state index in [1.54, 1.807) is 7.11 Å². The molecule has 84 valence electrons. The lowest BCUT2D eigenvalue weighted by molar-refractivity contribution is -0.113. The van der Waals surface area contributed by atoms with E-state index in [1.165, 1.54) is 0 Å². The van der Waals surface area contributed by atoms with E-state index in [2.05, 4.69) is 0 Å². The van der Waals surface area contributed by atoms with Crippen LogP contribution in [0.1, 0.15) is 39.5 Å². The second-order valence-corrected chi connectivity index (χ2v) is 4.54. The van der Waals surface area contributed by atoms with E-state index in [9.17, 15) is 5.11 Å². The molecule has 3 nitrogen and oxygen atoms in total. The van der Waals surface area contributed by atoms with Gasteiger partial charge < -0.3 is 14.6 Å². The molecule has 0 aromatic heterocycles. The van der Waals surface area contributed by atoms with E-state index in [0.717, 1.165) is 19.3 Å². The number of methoxy groups -OCH3 is 1. The van der Waals surface area contributed by atoms with Gasteiger partial charge in [-0.3, -0.25) is 0 Å². The molecule has 0 heterocycles. The van der Waals surface area contributed by atoms with Crippen molar-refractivity contribution < 1.29 is 14.6 Å². The van der Waals surface area contributed by atoms with Crippen LogP contribution in [0.4, 0.5) is 0 Å². The number of aliphatic hydroxyl groups is 1. The highest BCUT2D eigenvalue weighted by Gasteiger charge is 2.34. The van der Waals surface area contributed by atoms with E-state index in [4.69, 9.17) is 9.47 Å². The van der Waals surface area contributed by atoms with Gasteiger partial charge in [0.25, 0.3) is 0 Å². The van der Waals surface area contributed by atoms with Crippen LogP contribution in [-0.2, 0) is 9.47 Å². The number of rotatable bonds is 4. The van der Waals surface area contributed by atoms with Crippen molar-refractivity contribution in [2.45, 2.75) is 57.3 Å². The van der Waals surface area contributed by atoms with Gasteiger partial charge >= 0.3 is 0 Å². The molecule has 3 heteroatoms. The summed E-state index contributed by atoms with van der Waals surface area (Å²) in [6, 6.07) is 0. The predicted octanol–water partition coefficient (Wildman–Crippen LogP) is 1.73. The van der Waals surface area contributed by atoms with Crippen molar-refractivity contribution in [1.29, 1.82) is 0 Å². The van der Waals surface area contributed by atoms with Crippen LogP contribution in [0.5, 0.6) is 0 Å². The Kier molecular flexibility index (Phi) is 4.35. The van der Waals surface area contributed by atoms with Gasteiger partial charge in [-0.15, -0.1) is 0 Å². The van der Waals surface area contributed by atoms with E-state index in [0.29, 0.717) is 13.0 Å². The van der Waals surface area contributed by atoms with Crippen molar-refractivity contribution in [2.24, 2.45) is 0 Å². The molecule has 1 aliphatic carbocycles. The van der Waals surface area contributed by atoms with E-state index >= 15 is 0 Å². The SMILES string of the molecule is COC1CCCC(O)(COC(C)C)C1. The fraction of sp³-hybridized carbons (Fsp3) is 1.00. The van der Waals surface area contributed by atoms with Crippen molar-refractivity contribution in [1.82, 2.24) is 0 Å². The Labute approximate surface area is 86.4 Å². The smallest absolute Gasteiger partial charge is 0.0904 e. The molecule has 1 rings (SSSR count). The van der Waals surface area contributed by atoms with Gasteiger partial charge in [-0.05, 0) is 33.1 Å². The summed E-state index contributed by atoms with van der Waals surface area (Å²) in [7, 11) is 1.71. The Morgan fingerprint density at radius 1 is 1.50 bits per heavy atom. The molecule has 0 radical (unpaired) electrons. The highest BCUT2D eigenvalue weighted by Crippen LogP contribution is 2.30. The Morgan fingerprint density at radius 2 is 2.21 bits per heavy atom. The molecule has 0 saturated heterocycles. The average molecular weight is 202 g/mol. The maximum atomic E-state index is 10.2. The first kappa shape index (κ1) is 12.0. The summed E-state index contributed by atoms with van der Waals surface area (Å²) in [4.78, 5) is 0. The van der Waals surface area contributed by atoms with Crippen LogP contribution < -0.4 is 0 Å². The van der Waals surface area contributed by atoms with Crippen LogP contribution >= 0.6 is 0 Å². The quantitative estimate of drug-likeness (QED) is 0.754. The highest BCUT2D eigenvalue weighted by molar-refractivity contribution is 4.86. The molecule has 1 fully saturated rings. The highest BCUT2D eigenvalue weighted by atomic mass is 16.5. The molecule has 2 atom stereocenters. The Morgan fingerprint density at radius 3 is 2.79 bits per heavy atom. The third-order valence-electron chi connectivity index (χ3n) is 2.79. The molecule has 0 aromatic carbocycles. The summed E-state index contributed by atoms with van der Waals surface area (Å²) < 4.78 is 10.7. The van der Waals surface area contributed by atoms with Crippen LogP contribution in [0.15, 0.2) is 0 Å². The molecule has 1 aliphatic rings. The van der Waals surface area contributed by atoms with Gasteiger partial charge in [0, 0.05) is 13.5 Å². The number of hydrogen-bond donors (Lipinski definition) is 1. The van der Waals surface area contributed by atoms with E-state index in [-0.39, 0.29) is 12.2 Å². The van der Waals surface area contributed by atoms with Gasteiger partial charge in [-0.2, -0.15) is 0 Å². The minimum Gasteiger partial charge on any atom is -0.387 e. The first-order valence-electron chi connectivity index (χ1n) is 5.42. The van der Waals surface area contributed by atoms with Crippen LogP contribution in [0.3, 0.4) is 0 Å². The molecule has 0 aliphatic heterocycles. The molecule has 0 bridgehead atoms. The maximum absolute atomic E-state index is 10.2. The second kappa shape index (κ2) is 5.10. The summed E-state index contributed by atoms with van der Waals surface area (Å²) in [5.41, 5.74) is -0.663. The second-order valence-electron chi connectivity index (χ2n) is 4.54. The van der Waals surface area contributed by atoms with Crippen molar-refractivity contribution in [3.63, 3.8) is 0 Å². The fourth-order valence-electron chi connectivity index (χ4n) is 1.94. The zero-order chi connectivity index (χ0) is 10.6. The first-order chi connectivity index (χ1) is 6.56. The van der Waals surface area contributed by atoms with Crippen LogP contribution in [0, 0.1) is 0 Å². The van der Waals surface area contributed by atoms with Crippen LogP contribution in [0.2, 0.25) is 0 Å². The minimum absolute atomic E-state index is 0.182. The monoisotopic (exact) mass is 202 g/mol. The third-order valence-corrected chi connectivity index (χ3v) is 2.79. The Balaban J connectivity index is 2.38. The molecule has 0 amide bonds. The van der Waals surface area contributed by atoms with Crippen LogP contribution in [-0.4, -0.2) is 36.6 Å². The topological polar surface area (TPSA) is 38.7 Å². The fourth-order valence-corrected chi connectivity index (χ4v) is 1.94. The van der Waals surface area contributed by atoms with Gasteiger partial charge in [0.2, 0.25) is 0 Å². The van der Waals surface area contributed by atoms with Crippen molar-refractivity contribution in [2.75, 3.05) is 13.7 Å². The molecule has 0 spiro atoms. The Hall–Kier alpha value is -0.120. The lowest BCUT2D eigenvalue weighted by Crippen LogP contribution is -2.42. The average Bonchev–Trinajstić information content (AvgIpc) is 2.15. The van der Waals surface area contributed by atoms with Gasteiger partial charge in [-0.25, -0.2) is 0 Å². The zero-order valence-electron chi connectivity index (χ0n) is 9.45. The molecule has 0 aromatic rings. The van der Waals surface area contributed by atoms with Gasteiger partial charge in [-0.1, -0.05) is 0 Å². The minimum atomic E-state index is -0.663. The van der Waals surface area contributed by atoms with Gasteiger partial charge in [0.1, 0.15) is 0 Å². The van der Waals surface area contributed by atoms with Crippen molar-refractivity contribution in [3.8, 4) is 0 Å². The first-order valence-corrected chi connectivity index (χ1v) is 5.42. The van der Waals surface area contributed by atoms with E-state index in [1.807, 2.05) is 13.8 Å². The number of hydrogen-bond acceptors (Lipinski definition) is 3. The van der Waals surface area contributed by atoms with Crippen molar-refractivity contribution in [3.05, 3.63) is 0 Å². The molecular formula is C11H22O3. The Bertz CT molecular complexity index is 170. The largest absolute Gasteiger partial charge is 0.387 e. The summed E-state index contributed by atoms with van der Waals surface area (Å²) in [6.45, 7) is 4.41. The molecule has 2 unspecified atom stereocenters. The predicted molar refractivity (Wildman–Crippen MR) is 55.3 cm³/mol. The lowest BCUT2D eigenvalue weighted by atomic mass is 9.83. The normalized spacial score (nSPS) is 33.6. The van der Waals surface area contributed by atoms with Crippen LogP contribution in [0.25, 0.3) is 0 Å². The van der Waals surface area contributed by atoms with Gasteiger partial charge in [0.05, 0.1) is 24.4 Å². The summed E-state index contributed by atoms with van der Waals surface area (Å²) in [6.07, 6.45) is 4.00. The summed E-state index contributed by atoms with van der Waals surface area (Å²) in [5, 5.41) is 10.2. The maximum Gasteiger partial charge on any atom is 0.0904 e. The standard InChI is InChI=1S/C11H22O3/c1-9(2)14-8-11(12)6-4-5-10(7-11)13-3/h9-10,12H,4-8H2,1-3H3. The van der Waals surface area contributed by atoms with E-state index < -0.39 is 5.60 Å². The molecular weight excluding hydrogens is 180 g/mol. The van der Waals surface area contributed by atoms with Gasteiger partial charge in [0.15, 0.2) is 0 Å². The third kappa shape index (κ3) is 3.56.